The third-order valence-electron chi connectivity index (χ3n) is 5.48. The third kappa shape index (κ3) is 15.9. The van der Waals surface area contributed by atoms with Crippen LogP contribution in [0.4, 0.5) is 0 Å². The van der Waals surface area contributed by atoms with Gasteiger partial charge in [0.15, 0.2) is 0 Å². The number of carbonyl (C=O) groups is 2. The number of hydrogen-bond donors (Lipinski definition) is 5. The molecule has 0 bridgehead atoms. The molecule has 0 spiro atoms. The van der Waals surface area contributed by atoms with Crippen LogP contribution in [0.25, 0.3) is 10.4 Å². The summed E-state index contributed by atoms with van der Waals surface area (Å²) >= 11 is 0. The van der Waals surface area contributed by atoms with Crippen LogP contribution in [0.15, 0.2) is 29.4 Å². The number of nitrogens with zero attached hydrogens (tertiary/aromatic N) is 3. The van der Waals surface area contributed by atoms with Gasteiger partial charge in [0.2, 0.25) is 0 Å². The van der Waals surface area contributed by atoms with Crippen LogP contribution in [0.3, 0.4) is 0 Å². The van der Waals surface area contributed by atoms with Gasteiger partial charge in [-0.15, -0.1) is 0 Å². The summed E-state index contributed by atoms with van der Waals surface area (Å²) in [4.78, 5) is 26.1. The zero-order valence-corrected chi connectivity index (χ0v) is 21.1. The van der Waals surface area contributed by atoms with Gasteiger partial charge in [0, 0.05) is 11.5 Å². The summed E-state index contributed by atoms with van der Waals surface area (Å²) in [6.07, 6.45) is 2.51. The van der Waals surface area contributed by atoms with Crippen molar-refractivity contribution in [3.8, 4) is 5.75 Å². The van der Waals surface area contributed by atoms with Crippen molar-refractivity contribution in [3.05, 3.63) is 40.3 Å². The van der Waals surface area contributed by atoms with Crippen molar-refractivity contribution in [2.24, 2.45) is 10.8 Å². The number of nitrogens with two attached hydrogens (primary N) is 1. The first-order chi connectivity index (χ1) is 17.8. The van der Waals surface area contributed by atoms with Gasteiger partial charge in [0.25, 0.3) is 0 Å². The number of carbonyl (C=O) groups excluding carboxylic acids is 1. The summed E-state index contributed by atoms with van der Waals surface area (Å²) in [5.74, 6) is -1.04. The number of ether oxygens (including phenoxy) is 3. The molecule has 0 saturated carbocycles. The maximum absolute atomic E-state index is 11.9. The summed E-state index contributed by atoms with van der Waals surface area (Å²) in [5.41, 5.74) is 13.9. The van der Waals surface area contributed by atoms with E-state index in [-0.39, 0.29) is 38.7 Å². The fourth-order valence-corrected chi connectivity index (χ4v) is 3.31. The van der Waals surface area contributed by atoms with E-state index in [1.807, 2.05) is 12.1 Å². The zero-order valence-electron chi connectivity index (χ0n) is 21.1. The van der Waals surface area contributed by atoms with Gasteiger partial charge in [-0.05, 0) is 61.9 Å². The summed E-state index contributed by atoms with van der Waals surface area (Å²) in [5, 5.41) is 33.8. The number of hydrogen-bond acceptors (Lipinski definition) is 10. The Morgan fingerprint density at radius 1 is 1.05 bits per heavy atom. The standard InChI is InChI=1S/C23H38BN5O8/c25-23(22(31)32,9-1-2-11-24(33)34)10-13-27-12-7-19-3-5-20(6-4-19)37-21(30)8-15-35-17-18-36-16-14-28-29-26/h3-6,27,33-34H,1-2,7-18,25H2,(H,31,32). The van der Waals surface area contributed by atoms with Gasteiger partial charge in [-0.3, -0.25) is 9.59 Å². The molecule has 0 aromatic heterocycles. The molecule has 1 aromatic carbocycles. The Morgan fingerprint density at radius 3 is 2.41 bits per heavy atom. The number of nitrogens with one attached hydrogen (secondary N) is 1. The van der Waals surface area contributed by atoms with Crippen LogP contribution in [0.2, 0.25) is 6.32 Å². The van der Waals surface area contributed by atoms with Crippen LogP contribution in [-0.4, -0.2) is 85.8 Å². The molecule has 1 aromatic rings. The van der Waals surface area contributed by atoms with Crippen molar-refractivity contribution in [2.75, 3.05) is 46.1 Å². The fourth-order valence-electron chi connectivity index (χ4n) is 3.31. The summed E-state index contributed by atoms with van der Waals surface area (Å²) in [7, 11) is -1.39. The maximum atomic E-state index is 11.9. The SMILES string of the molecule is [N-]=[N+]=NCCOCCOCCC(=O)Oc1ccc(CCNCCC(N)(CCCCB(O)O)C(=O)O)cc1. The average Bonchev–Trinajstić information content (AvgIpc) is 2.86. The highest BCUT2D eigenvalue weighted by Crippen LogP contribution is 2.17. The van der Waals surface area contributed by atoms with Crippen molar-refractivity contribution < 1.29 is 39.0 Å². The summed E-state index contributed by atoms with van der Waals surface area (Å²) < 4.78 is 15.8. The van der Waals surface area contributed by atoms with Crippen molar-refractivity contribution in [3.63, 3.8) is 0 Å². The first-order valence-corrected chi connectivity index (χ1v) is 12.3. The summed E-state index contributed by atoms with van der Waals surface area (Å²) in [6.45, 7) is 2.52. The van der Waals surface area contributed by atoms with Gasteiger partial charge in [0.1, 0.15) is 11.3 Å². The maximum Gasteiger partial charge on any atom is 0.451 e. The van der Waals surface area contributed by atoms with E-state index in [0.717, 1.165) is 5.56 Å². The molecule has 0 saturated heterocycles. The first-order valence-electron chi connectivity index (χ1n) is 12.3. The number of esters is 1. The molecule has 6 N–H and O–H groups in total. The van der Waals surface area contributed by atoms with Crippen molar-refractivity contribution in [1.29, 1.82) is 0 Å². The zero-order chi connectivity index (χ0) is 27.4. The van der Waals surface area contributed by atoms with E-state index in [0.29, 0.717) is 57.9 Å². The Kier molecular flexibility index (Phi) is 17.0. The number of benzene rings is 1. The van der Waals surface area contributed by atoms with Gasteiger partial charge in [-0.2, -0.15) is 0 Å². The number of unbranched alkanes of at least 4 members (excludes halogenated alkanes) is 1. The van der Waals surface area contributed by atoms with E-state index in [9.17, 15) is 14.7 Å². The molecule has 0 heterocycles. The van der Waals surface area contributed by atoms with Gasteiger partial charge >= 0.3 is 19.1 Å². The number of azide groups is 1. The lowest BCUT2D eigenvalue weighted by molar-refractivity contribution is -0.144. The predicted molar refractivity (Wildman–Crippen MR) is 137 cm³/mol. The largest absolute Gasteiger partial charge is 0.480 e. The quantitative estimate of drug-likeness (QED) is 0.0279. The second kappa shape index (κ2) is 19.4. The molecule has 0 aliphatic heterocycles. The van der Waals surface area contributed by atoms with Gasteiger partial charge in [-0.1, -0.05) is 30.1 Å². The smallest absolute Gasteiger partial charge is 0.451 e. The Hall–Kier alpha value is -2.71. The monoisotopic (exact) mass is 523 g/mol. The van der Waals surface area contributed by atoms with E-state index in [1.165, 1.54) is 0 Å². The van der Waals surface area contributed by atoms with Crippen LogP contribution in [-0.2, 0) is 25.5 Å². The van der Waals surface area contributed by atoms with Crippen molar-refractivity contribution in [1.82, 2.24) is 5.32 Å². The Labute approximate surface area is 217 Å². The second-order valence-corrected chi connectivity index (χ2v) is 8.48. The molecule has 0 amide bonds. The molecular formula is C23H38BN5O8. The summed E-state index contributed by atoms with van der Waals surface area (Å²) in [6, 6.07) is 7.14. The molecular weight excluding hydrogens is 485 g/mol. The van der Waals surface area contributed by atoms with Crippen LogP contribution in [0, 0.1) is 0 Å². The van der Waals surface area contributed by atoms with Gasteiger partial charge < -0.3 is 40.4 Å². The lowest BCUT2D eigenvalue weighted by Crippen LogP contribution is -2.49. The Morgan fingerprint density at radius 2 is 1.76 bits per heavy atom. The highest BCUT2D eigenvalue weighted by molar-refractivity contribution is 6.40. The van der Waals surface area contributed by atoms with E-state index >= 15 is 0 Å². The molecule has 1 unspecified atom stereocenters. The number of rotatable bonds is 22. The molecule has 14 heteroatoms. The number of carboxylic acid groups (broad SMARTS) is 1. The molecule has 1 atom stereocenters. The van der Waals surface area contributed by atoms with Crippen molar-refractivity contribution >= 4 is 19.1 Å². The average molecular weight is 523 g/mol. The van der Waals surface area contributed by atoms with Crippen LogP contribution in [0.5, 0.6) is 5.75 Å². The normalized spacial score (nSPS) is 12.4. The Balaban J connectivity index is 2.20. The fraction of sp³-hybridized carbons (Fsp3) is 0.652. The molecule has 13 nitrogen and oxygen atoms in total. The van der Waals surface area contributed by atoms with Gasteiger partial charge in [-0.25, -0.2) is 0 Å². The van der Waals surface area contributed by atoms with Gasteiger partial charge in [0.05, 0.1) is 32.8 Å². The molecule has 37 heavy (non-hydrogen) atoms. The number of aliphatic carboxylic acids is 1. The highest BCUT2D eigenvalue weighted by atomic mass is 16.5. The first kappa shape index (κ1) is 32.3. The minimum atomic E-state index is -1.39. The van der Waals surface area contributed by atoms with Crippen molar-refractivity contribution in [2.45, 2.75) is 50.4 Å². The lowest BCUT2D eigenvalue weighted by Gasteiger charge is -2.25. The third-order valence-corrected chi connectivity index (χ3v) is 5.48. The van der Waals surface area contributed by atoms with Crippen LogP contribution >= 0.6 is 0 Å². The molecule has 0 radical (unpaired) electrons. The predicted octanol–water partition coefficient (Wildman–Crippen LogP) is 1.27. The van der Waals surface area contributed by atoms with Crippen LogP contribution < -0.4 is 15.8 Å². The molecule has 0 aliphatic rings. The second-order valence-electron chi connectivity index (χ2n) is 8.48. The highest BCUT2D eigenvalue weighted by Gasteiger charge is 2.32. The van der Waals surface area contributed by atoms with E-state index in [4.69, 9.17) is 35.5 Å². The molecule has 206 valence electrons. The molecule has 1 rings (SSSR count). The van der Waals surface area contributed by atoms with E-state index in [2.05, 4.69) is 15.3 Å². The Bertz CT molecular complexity index is 839. The number of carboxylic acids is 1. The van der Waals surface area contributed by atoms with Crippen LogP contribution in [0.1, 0.15) is 37.7 Å². The molecule has 0 aliphatic carbocycles. The topological polar surface area (TPSA) is 209 Å². The minimum absolute atomic E-state index is 0.104. The lowest BCUT2D eigenvalue weighted by atomic mass is 9.81. The van der Waals surface area contributed by atoms with E-state index in [1.54, 1.807) is 12.1 Å². The minimum Gasteiger partial charge on any atom is -0.480 e. The van der Waals surface area contributed by atoms with E-state index < -0.39 is 24.6 Å². The molecule has 0 fully saturated rings.